The molecule has 0 fully saturated rings. The van der Waals surface area contributed by atoms with Crippen LogP contribution in [0.4, 0.5) is 11.4 Å². The number of carbonyl (C=O) groups is 1. The molecule has 1 atom stereocenters. The molecule has 2 aromatic carbocycles. The molecule has 0 saturated heterocycles. The van der Waals surface area contributed by atoms with Gasteiger partial charge in [-0.25, -0.2) is 0 Å². The summed E-state index contributed by atoms with van der Waals surface area (Å²) in [7, 11) is 0. The standard InChI is InChI=1S/C15H11N3O3/c19-14-9-16-15(10-4-2-1-3-5-10)12-8-11(18(20)21)6-7-13(12)17-14/h1-9,15H,(H,17,19). The molecule has 0 radical (unpaired) electrons. The maximum absolute atomic E-state index is 11.6. The zero-order chi connectivity index (χ0) is 14.8. The second kappa shape index (κ2) is 5.16. The quantitative estimate of drug-likeness (QED) is 0.678. The second-order valence-electron chi connectivity index (χ2n) is 4.61. The number of nitro benzene ring substituents is 1. The fraction of sp³-hybridized carbons (Fsp3) is 0.0667. The van der Waals surface area contributed by atoms with Gasteiger partial charge in [-0.1, -0.05) is 30.3 Å². The largest absolute Gasteiger partial charge is 0.321 e. The van der Waals surface area contributed by atoms with E-state index in [4.69, 9.17) is 0 Å². The first-order valence-corrected chi connectivity index (χ1v) is 6.32. The van der Waals surface area contributed by atoms with Crippen LogP contribution < -0.4 is 5.32 Å². The van der Waals surface area contributed by atoms with E-state index in [9.17, 15) is 14.9 Å². The fourth-order valence-electron chi connectivity index (χ4n) is 2.29. The number of non-ortho nitro benzene ring substituents is 1. The van der Waals surface area contributed by atoms with Gasteiger partial charge in [0.05, 0.1) is 11.1 Å². The molecular formula is C15H11N3O3. The van der Waals surface area contributed by atoms with Crippen LogP contribution in [0.2, 0.25) is 0 Å². The Balaban J connectivity index is 2.17. The lowest BCUT2D eigenvalue weighted by atomic mass is 9.97. The summed E-state index contributed by atoms with van der Waals surface area (Å²) < 4.78 is 0. The fourth-order valence-corrected chi connectivity index (χ4v) is 2.29. The molecular weight excluding hydrogens is 270 g/mol. The van der Waals surface area contributed by atoms with Gasteiger partial charge < -0.3 is 5.32 Å². The first-order chi connectivity index (χ1) is 10.1. The van der Waals surface area contributed by atoms with Gasteiger partial charge in [0.2, 0.25) is 0 Å². The number of hydrogen-bond donors (Lipinski definition) is 1. The zero-order valence-corrected chi connectivity index (χ0v) is 10.9. The van der Waals surface area contributed by atoms with E-state index < -0.39 is 11.0 Å². The van der Waals surface area contributed by atoms with Gasteiger partial charge in [-0.05, 0) is 11.6 Å². The molecule has 104 valence electrons. The summed E-state index contributed by atoms with van der Waals surface area (Å²) in [4.78, 5) is 26.4. The highest BCUT2D eigenvalue weighted by atomic mass is 16.6. The summed E-state index contributed by atoms with van der Waals surface area (Å²) in [5.41, 5.74) is 1.99. The first-order valence-electron chi connectivity index (χ1n) is 6.32. The molecule has 3 rings (SSSR count). The molecule has 0 aliphatic carbocycles. The van der Waals surface area contributed by atoms with Crippen LogP contribution in [0.15, 0.2) is 53.5 Å². The maximum atomic E-state index is 11.6. The van der Waals surface area contributed by atoms with E-state index in [0.29, 0.717) is 11.3 Å². The van der Waals surface area contributed by atoms with Gasteiger partial charge in [-0.15, -0.1) is 0 Å². The normalized spacial score (nSPS) is 16.8. The van der Waals surface area contributed by atoms with E-state index in [0.717, 1.165) is 5.56 Å². The van der Waals surface area contributed by atoms with Gasteiger partial charge in [-0.2, -0.15) is 0 Å². The van der Waals surface area contributed by atoms with Crippen molar-refractivity contribution in [3.63, 3.8) is 0 Å². The van der Waals surface area contributed by atoms with E-state index >= 15 is 0 Å². The highest BCUT2D eigenvalue weighted by Gasteiger charge is 2.23. The molecule has 1 aliphatic rings. The Hall–Kier alpha value is -3.02. The lowest BCUT2D eigenvalue weighted by Gasteiger charge is -2.14. The molecule has 0 aromatic heterocycles. The topological polar surface area (TPSA) is 84.6 Å². The SMILES string of the molecule is O=C1C=NC(c2ccccc2)c2cc([N+](=O)[O-])ccc2N1. The van der Waals surface area contributed by atoms with Gasteiger partial charge in [0, 0.05) is 23.4 Å². The molecule has 6 heteroatoms. The number of fused-ring (bicyclic) bond motifs is 1. The van der Waals surface area contributed by atoms with Gasteiger partial charge >= 0.3 is 0 Å². The molecule has 0 spiro atoms. The van der Waals surface area contributed by atoms with Crippen LogP contribution in [0, 0.1) is 10.1 Å². The molecule has 6 nitrogen and oxygen atoms in total. The molecule has 1 amide bonds. The van der Waals surface area contributed by atoms with Crippen LogP contribution in [-0.2, 0) is 4.79 Å². The Morgan fingerprint density at radius 3 is 2.62 bits per heavy atom. The Labute approximate surface area is 120 Å². The number of carbonyl (C=O) groups excluding carboxylic acids is 1. The molecule has 21 heavy (non-hydrogen) atoms. The van der Waals surface area contributed by atoms with Crippen molar-refractivity contribution >= 4 is 23.5 Å². The lowest BCUT2D eigenvalue weighted by Crippen LogP contribution is -2.11. The van der Waals surface area contributed by atoms with E-state index in [1.807, 2.05) is 30.3 Å². The minimum absolute atomic E-state index is 0.0268. The number of rotatable bonds is 2. The summed E-state index contributed by atoms with van der Waals surface area (Å²) in [6, 6.07) is 13.3. The highest BCUT2D eigenvalue weighted by molar-refractivity contribution is 6.32. The number of benzene rings is 2. The summed E-state index contributed by atoms with van der Waals surface area (Å²) in [5.74, 6) is -0.344. The average Bonchev–Trinajstić information content (AvgIpc) is 2.65. The van der Waals surface area contributed by atoms with Crippen molar-refractivity contribution < 1.29 is 9.72 Å². The summed E-state index contributed by atoms with van der Waals surface area (Å²) in [6.07, 6.45) is 1.21. The van der Waals surface area contributed by atoms with Crippen molar-refractivity contribution in [2.45, 2.75) is 6.04 Å². The molecule has 1 N–H and O–H groups in total. The van der Waals surface area contributed by atoms with Gasteiger partial charge in [-0.3, -0.25) is 19.9 Å². The van der Waals surface area contributed by atoms with E-state index in [-0.39, 0.29) is 11.6 Å². The van der Waals surface area contributed by atoms with Crippen molar-refractivity contribution in [2.75, 3.05) is 5.32 Å². The van der Waals surface area contributed by atoms with Crippen LogP contribution in [-0.4, -0.2) is 17.0 Å². The average molecular weight is 281 g/mol. The minimum Gasteiger partial charge on any atom is -0.321 e. The third kappa shape index (κ3) is 2.51. The molecule has 1 aliphatic heterocycles. The third-order valence-electron chi connectivity index (χ3n) is 3.25. The number of amides is 1. The monoisotopic (exact) mass is 281 g/mol. The van der Waals surface area contributed by atoms with Crippen LogP contribution in [0.5, 0.6) is 0 Å². The first kappa shape index (κ1) is 13.0. The Bertz CT molecular complexity index is 741. The van der Waals surface area contributed by atoms with Crippen molar-refractivity contribution in [2.24, 2.45) is 4.99 Å². The molecule has 0 bridgehead atoms. The van der Waals surface area contributed by atoms with Crippen LogP contribution in [0.1, 0.15) is 17.2 Å². The summed E-state index contributed by atoms with van der Waals surface area (Å²) >= 11 is 0. The third-order valence-corrected chi connectivity index (χ3v) is 3.25. The minimum atomic E-state index is -0.460. The predicted octanol–water partition coefficient (Wildman–Crippen LogP) is 2.71. The van der Waals surface area contributed by atoms with Crippen LogP contribution in [0.3, 0.4) is 0 Å². The Kier molecular flexibility index (Phi) is 3.19. The van der Waals surface area contributed by atoms with Gasteiger partial charge in [0.25, 0.3) is 11.6 Å². The maximum Gasteiger partial charge on any atom is 0.269 e. The molecule has 1 heterocycles. The van der Waals surface area contributed by atoms with E-state index in [2.05, 4.69) is 10.3 Å². The number of hydrogen-bond acceptors (Lipinski definition) is 4. The summed E-state index contributed by atoms with van der Waals surface area (Å²) in [5, 5.41) is 13.6. The highest BCUT2D eigenvalue weighted by Crippen LogP contribution is 2.35. The molecule has 0 saturated carbocycles. The van der Waals surface area contributed by atoms with Crippen LogP contribution >= 0.6 is 0 Å². The van der Waals surface area contributed by atoms with Crippen molar-refractivity contribution in [1.82, 2.24) is 0 Å². The van der Waals surface area contributed by atoms with Crippen molar-refractivity contribution in [3.8, 4) is 0 Å². The number of anilines is 1. The smallest absolute Gasteiger partial charge is 0.269 e. The van der Waals surface area contributed by atoms with E-state index in [1.165, 1.54) is 24.4 Å². The lowest BCUT2D eigenvalue weighted by molar-refractivity contribution is -0.384. The summed E-state index contributed by atoms with van der Waals surface area (Å²) in [6.45, 7) is 0. The predicted molar refractivity (Wildman–Crippen MR) is 78.5 cm³/mol. The number of nitro groups is 1. The van der Waals surface area contributed by atoms with Gasteiger partial charge in [0.15, 0.2) is 0 Å². The van der Waals surface area contributed by atoms with Crippen LogP contribution in [0.25, 0.3) is 0 Å². The number of aliphatic imine (C=N–C) groups is 1. The number of nitrogens with zero attached hydrogens (tertiary/aromatic N) is 2. The van der Waals surface area contributed by atoms with E-state index in [1.54, 1.807) is 0 Å². The zero-order valence-electron chi connectivity index (χ0n) is 10.9. The molecule has 2 aromatic rings. The second-order valence-corrected chi connectivity index (χ2v) is 4.61. The number of nitrogens with one attached hydrogen (secondary N) is 1. The Morgan fingerprint density at radius 2 is 1.90 bits per heavy atom. The molecule has 1 unspecified atom stereocenters. The van der Waals surface area contributed by atoms with Crippen molar-refractivity contribution in [3.05, 3.63) is 69.8 Å². The Morgan fingerprint density at radius 1 is 1.14 bits per heavy atom. The van der Waals surface area contributed by atoms with Gasteiger partial charge in [0.1, 0.15) is 6.04 Å². The van der Waals surface area contributed by atoms with Crippen molar-refractivity contribution in [1.29, 1.82) is 0 Å².